The molecule has 1 aromatic carbocycles. The van der Waals surface area contributed by atoms with E-state index in [9.17, 15) is 13.2 Å². The Morgan fingerprint density at radius 3 is 2.46 bits per heavy atom. The molecule has 3 rings (SSSR count). The van der Waals surface area contributed by atoms with Crippen molar-refractivity contribution in [1.82, 2.24) is 14.6 Å². The van der Waals surface area contributed by atoms with Crippen molar-refractivity contribution in [2.45, 2.75) is 37.6 Å². The number of carbonyl (C=O) groups is 1. The second-order valence-corrected chi connectivity index (χ2v) is 8.67. The first-order valence-electron chi connectivity index (χ1n) is 9.19. The predicted molar refractivity (Wildman–Crippen MR) is 106 cm³/mol. The molecule has 1 aliphatic heterocycles. The number of piperidine rings is 1. The van der Waals surface area contributed by atoms with Crippen molar-refractivity contribution in [2.24, 2.45) is 0 Å². The number of benzene rings is 1. The second-order valence-electron chi connectivity index (χ2n) is 6.99. The fraction of sp³-hybridized carbons (Fsp3) is 0.400. The number of nitrogens with zero attached hydrogens (tertiary/aromatic N) is 2. The third-order valence-electron chi connectivity index (χ3n) is 5.06. The molecule has 0 aliphatic carbocycles. The van der Waals surface area contributed by atoms with Crippen LogP contribution in [0.5, 0.6) is 5.75 Å². The van der Waals surface area contributed by atoms with Gasteiger partial charge in [-0.3, -0.25) is 9.78 Å². The summed E-state index contributed by atoms with van der Waals surface area (Å²) < 4.78 is 33.8. The molecule has 7 nitrogen and oxygen atoms in total. The van der Waals surface area contributed by atoms with Crippen LogP contribution in [-0.2, 0) is 10.0 Å². The quantitative estimate of drug-likeness (QED) is 0.827. The minimum atomic E-state index is -3.72. The number of nitrogens with one attached hydrogen (secondary N) is 1. The van der Waals surface area contributed by atoms with Crippen molar-refractivity contribution >= 4 is 15.9 Å². The van der Waals surface area contributed by atoms with Gasteiger partial charge in [-0.25, -0.2) is 13.1 Å². The Morgan fingerprint density at radius 1 is 1.18 bits per heavy atom. The van der Waals surface area contributed by atoms with Gasteiger partial charge in [-0.05, 0) is 62.1 Å². The van der Waals surface area contributed by atoms with Gasteiger partial charge in [-0.1, -0.05) is 6.07 Å². The van der Waals surface area contributed by atoms with Crippen LogP contribution in [0.25, 0.3) is 0 Å². The van der Waals surface area contributed by atoms with Crippen LogP contribution in [0.1, 0.15) is 34.5 Å². The molecular formula is C20H25N3O4S. The molecule has 2 heterocycles. The van der Waals surface area contributed by atoms with Gasteiger partial charge in [-0.15, -0.1) is 0 Å². The van der Waals surface area contributed by atoms with Crippen LogP contribution in [0.3, 0.4) is 0 Å². The first kappa shape index (κ1) is 20.3. The maximum atomic E-state index is 12.9. The van der Waals surface area contributed by atoms with Gasteiger partial charge in [0.25, 0.3) is 5.91 Å². The number of amides is 1. The summed E-state index contributed by atoms with van der Waals surface area (Å²) in [6.45, 7) is 4.74. The number of carbonyl (C=O) groups excluding carboxylic acids is 1. The first-order chi connectivity index (χ1) is 13.3. The summed E-state index contributed by atoms with van der Waals surface area (Å²) in [5.74, 6) is 0.205. The number of hydrogen-bond acceptors (Lipinski definition) is 5. The van der Waals surface area contributed by atoms with Crippen molar-refractivity contribution in [3.05, 3.63) is 53.3 Å². The number of pyridine rings is 1. The Kier molecular flexibility index (Phi) is 6.00. The van der Waals surface area contributed by atoms with Crippen molar-refractivity contribution in [3.8, 4) is 5.75 Å². The van der Waals surface area contributed by atoms with Crippen molar-refractivity contribution in [2.75, 3.05) is 20.2 Å². The molecule has 2 aromatic rings. The summed E-state index contributed by atoms with van der Waals surface area (Å²) in [4.78, 5) is 18.4. The van der Waals surface area contributed by atoms with Crippen molar-refractivity contribution < 1.29 is 17.9 Å². The summed E-state index contributed by atoms with van der Waals surface area (Å²) in [6, 6.07) is 8.36. The summed E-state index contributed by atoms with van der Waals surface area (Å²) in [6.07, 6.45) is 2.68. The van der Waals surface area contributed by atoms with Gasteiger partial charge in [0, 0.05) is 25.3 Å². The number of methoxy groups -OCH3 is 1. The Balaban J connectivity index is 1.67. The molecule has 0 spiro atoms. The van der Waals surface area contributed by atoms with Crippen LogP contribution in [0, 0.1) is 13.8 Å². The average molecular weight is 404 g/mol. The predicted octanol–water partition coefficient (Wildman–Crippen LogP) is 2.29. The van der Waals surface area contributed by atoms with E-state index in [2.05, 4.69) is 9.71 Å². The van der Waals surface area contributed by atoms with E-state index in [0.717, 1.165) is 11.1 Å². The van der Waals surface area contributed by atoms with Gasteiger partial charge >= 0.3 is 0 Å². The normalized spacial score (nSPS) is 15.5. The van der Waals surface area contributed by atoms with E-state index in [0.29, 0.717) is 37.4 Å². The average Bonchev–Trinajstić information content (AvgIpc) is 2.70. The van der Waals surface area contributed by atoms with Crippen LogP contribution >= 0.6 is 0 Å². The zero-order valence-corrected chi connectivity index (χ0v) is 17.1. The molecule has 1 aromatic heterocycles. The minimum absolute atomic E-state index is 0.127. The number of aromatic nitrogens is 1. The van der Waals surface area contributed by atoms with E-state index in [1.165, 1.54) is 7.11 Å². The second kappa shape index (κ2) is 8.28. The number of likely N-dealkylation sites (tertiary alicyclic amines) is 1. The molecule has 8 heteroatoms. The van der Waals surface area contributed by atoms with E-state index < -0.39 is 10.0 Å². The number of rotatable bonds is 5. The zero-order valence-electron chi connectivity index (χ0n) is 16.3. The Hall–Kier alpha value is -2.45. The molecule has 28 heavy (non-hydrogen) atoms. The lowest BCUT2D eigenvalue weighted by Crippen LogP contribution is -2.46. The van der Waals surface area contributed by atoms with E-state index in [1.54, 1.807) is 41.4 Å². The van der Waals surface area contributed by atoms with Crippen LogP contribution in [-0.4, -0.2) is 50.5 Å². The molecule has 0 saturated carbocycles. The van der Waals surface area contributed by atoms with E-state index in [4.69, 9.17) is 4.74 Å². The molecule has 1 N–H and O–H groups in total. The molecule has 0 atom stereocenters. The van der Waals surface area contributed by atoms with Crippen molar-refractivity contribution in [3.63, 3.8) is 0 Å². The Labute approximate surface area is 165 Å². The lowest BCUT2D eigenvalue weighted by atomic mass is 10.1. The third kappa shape index (κ3) is 4.34. The zero-order chi connectivity index (χ0) is 20.3. The van der Waals surface area contributed by atoms with Gasteiger partial charge in [0.1, 0.15) is 16.3 Å². The lowest BCUT2D eigenvalue weighted by molar-refractivity contribution is 0.0705. The van der Waals surface area contributed by atoms with Crippen LogP contribution in [0.4, 0.5) is 0 Å². The fourth-order valence-electron chi connectivity index (χ4n) is 3.27. The van der Waals surface area contributed by atoms with E-state index >= 15 is 0 Å². The van der Waals surface area contributed by atoms with Gasteiger partial charge in [0.15, 0.2) is 0 Å². The van der Waals surface area contributed by atoms with E-state index in [-0.39, 0.29) is 16.8 Å². The molecule has 1 saturated heterocycles. The molecule has 150 valence electrons. The summed E-state index contributed by atoms with van der Waals surface area (Å²) >= 11 is 0. The molecular weight excluding hydrogens is 378 g/mol. The highest BCUT2D eigenvalue weighted by atomic mass is 32.2. The lowest BCUT2D eigenvalue weighted by Gasteiger charge is -2.32. The molecule has 1 amide bonds. The highest BCUT2D eigenvalue weighted by Gasteiger charge is 2.29. The van der Waals surface area contributed by atoms with Gasteiger partial charge in [0.05, 0.1) is 7.11 Å². The third-order valence-corrected chi connectivity index (χ3v) is 6.60. The maximum Gasteiger partial charge on any atom is 0.272 e. The molecule has 0 bridgehead atoms. The molecule has 1 aliphatic rings. The van der Waals surface area contributed by atoms with E-state index in [1.807, 2.05) is 13.8 Å². The number of ether oxygens (including phenoxy) is 1. The van der Waals surface area contributed by atoms with Gasteiger partial charge in [0.2, 0.25) is 10.0 Å². The molecule has 0 unspecified atom stereocenters. The number of sulfonamides is 1. The maximum absolute atomic E-state index is 12.9. The van der Waals surface area contributed by atoms with Gasteiger partial charge < -0.3 is 9.64 Å². The highest BCUT2D eigenvalue weighted by molar-refractivity contribution is 7.89. The Morgan fingerprint density at radius 2 is 1.86 bits per heavy atom. The van der Waals surface area contributed by atoms with Crippen LogP contribution in [0.15, 0.2) is 41.4 Å². The standard InChI is InChI=1S/C20H25N3O4S/c1-14-12-18(27-3)19(13-15(14)2)28(25,26)22-16-7-10-23(11-8-16)20(24)17-6-4-5-9-21-17/h4-6,9,12-13,16,22H,7-8,10-11H2,1-3H3. The monoisotopic (exact) mass is 403 g/mol. The van der Waals surface area contributed by atoms with Crippen molar-refractivity contribution in [1.29, 1.82) is 0 Å². The largest absolute Gasteiger partial charge is 0.495 e. The van der Waals surface area contributed by atoms with Gasteiger partial charge in [-0.2, -0.15) is 0 Å². The fourth-order valence-corrected chi connectivity index (χ4v) is 4.81. The summed E-state index contributed by atoms with van der Waals surface area (Å²) in [5.41, 5.74) is 2.26. The van der Waals surface area contributed by atoms with Crippen LogP contribution in [0.2, 0.25) is 0 Å². The summed E-state index contributed by atoms with van der Waals surface area (Å²) in [5, 5.41) is 0. The molecule has 1 fully saturated rings. The van der Waals surface area contributed by atoms with Crippen LogP contribution < -0.4 is 9.46 Å². The smallest absolute Gasteiger partial charge is 0.272 e. The molecule has 0 radical (unpaired) electrons. The first-order valence-corrected chi connectivity index (χ1v) is 10.7. The number of aryl methyl sites for hydroxylation is 2. The number of hydrogen-bond donors (Lipinski definition) is 1. The summed E-state index contributed by atoms with van der Waals surface area (Å²) in [7, 11) is -2.26. The Bertz CT molecular complexity index is 953. The highest BCUT2D eigenvalue weighted by Crippen LogP contribution is 2.28. The minimum Gasteiger partial charge on any atom is -0.495 e. The topological polar surface area (TPSA) is 88.6 Å². The SMILES string of the molecule is COc1cc(C)c(C)cc1S(=O)(=O)NC1CCN(C(=O)c2ccccn2)CC1.